The van der Waals surface area contributed by atoms with Crippen LogP contribution < -0.4 is 0 Å². The van der Waals surface area contributed by atoms with E-state index in [1.165, 1.54) is 0 Å². The lowest BCUT2D eigenvalue weighted by Gasteiger charge is -2.45. The van der Waals surface area contributed by atoms with Gasteiger partial charge in [-0.15, -0.1) is 0 Å². The van der Waals surface area contributed by atoms with Crippen molar-refractivity contribution >= 4 is 0 Å². The lowest BCUT2D eigenvalue weighted by Crippen LogP contribution is -2.62. The van der Waals surface area contributed by atoms with Gasteiger partial charge in [0.25, 0.3) is 0 Å². The number of hydrogen-bond acceptors (Lipinski definition) is 10. The third-order valence-electron chi connectivity index (χ3n) is 4.49. The van der Waals surface area contributed by atoms with Crippen LogP contribution in [0.25, 0.3) is 0 Å². The van der Waals surface area contributed by atoms with E-state index < -0.39 is 30.7 Å². The standard InChI is InChI=1S/C20H40O10/c1-2-26-20-19(29-14-6-10-24)18(28-13-5-9-23)17(27-12-4-8-22)16(30-20)15-25-11-3-7-21/h16-24H,2-15H2,1H3/t16?,17-,18?,19?,20-/m0/s1. The Labute approximate surface area is 179 Å². The topological polar surface area (TPSA) is 136 Å². The maximum Gasteiger partial charge on any atom is 0.186 e. The number of rotatable bonds is 19. The molecular weight excluding hydrogens is 400 g/mol. The molecule has 30 heavy (non-hydrogen) atoms. The van der Waals surface area contributed by atoms with Crippen LogP contribution in [0.3, 0.4) is 0 Å². The van der Waals surface area contributed by atoms with E-state index in [1.807, 2.05) is 6.92 Å². The summed E-state index contributed by atoms with van der Waals surface area (Å²) in [6, 6.07) is 0. The van der Waals surface area contributed by atoms with E-state index in [0.717, 1.165) is 0 Å². The average molecular weight is 441 g/mol. The van der Waals surface area contributed by atoms with Crippen LogP contribution >= 0.6 is 0 Å². The van der Waals surface area contributed by atoms with E-state index in [-0.39, 0.29) is 33.0 Å². The molecule has 1 aliphatic heterocycles. The lowest BCUT2D eigenvalue weighted by molar-refractivity contribution is -0.323. The van der Waals surface area contributed by atoms with Crippen LogP contribution in [0, 0.1) is 0 Å². The number of aliphatic hydroxyl groups is 4. The summed E-state index contributed by atoms with van der Waals surface area (Å²) >= 11 is 0. The van der Waals surface area contributed by atoms with Crippen LogP contribution in [-0.4, -0.2) is 117 Å². The van der Waals surface area contributed by atoms with Crippen molar-refractivity contribution in [3.05, 3.63) is 0 Å². The van der Waals surface area contributed by atoms with E-state index >= 15 is 0 Å². The number of hydrogen-bond donors (Lipinski definition) is 4. The van der Waals surface area contributed by atoms with Crippen molar-refractivity contribution < 1.29 is 48.8 Å². The fraction of sp³-hybridized carbons (Fsp3) is 1.00. The number of aliphatic hydroxyl groups excluding tert-OH is 4. The highest BCUT2D eigenvalue weighted by molar-refractivity contribution is 4.93. The van der Waals surface area contributed by atoms with Crippen molar-refractivity contribution in [1.82, 2.24) is 0 Å². The Hall–Kier alpha value is -0.400. The molecule has 1 heterocycles. The van der Waals surface area contributed by atoms with Gasteiger partial charge in [-0.3, -0.25) is 0 Å². The van der Waals surface area contributed by atoms with Crippen LogP contribution in [0.15, 0.2) is 0 Å². The summed E-state index contributed by atoms with van der Waals surface area (Å²) in [6.45, 7) is 3.80. The zero-order chi connectivity index (χ0) is 22.0. The average Bonchev–Trinajstić information content (AvgIpc) is 2.75. The van der Waals surface area contributed by atoms with Crippen LogP contribution in [0.5, 0.6) is 0 Å². The summed E-state index contributed by atoms with van der Waals surface area (Å²) in [6.07, 6.45) is -1.01. The second kappa shape index (κ2) is 18.2. The maximum atomic E-state index is 9.14. The summed E-state index contributed by atoms with van der Waals surface area (Å²) in [5, 5.41) is 36.3. The Kier molecular flexibility index (Phi) is 16.8. The molecule has 0 aliphatic carbocycles. The molecule has 0 aromatic rings. The first-order valence-electron chi connectivity index (χ1n) is 10.9. The largest absolute Gasteiger partial charge is 0.396 e. The predicted octanol–water partition coefficient (Wildman–Crippen LogP) is -0.550. The van der Waals surface area contributed by atoms with Gasteiger partial charge >= 0.3 is 0 Å². The van der Waals surface area contributed by atoms with Gasteiger partial charge in [-0.1, -0.05) is 0 Å². The Morgan fingerprint density at radius 3 is 1.67 bits per heavy atom. The van der Waals surface area contributed by atoms with Gasteiger partial charge in [0, 0.05) is 59.5 Å². The molecule has 1 fully saturated rings. The second-order valence-corrected chi connectivity index (χ2v) is 6.89. The van der Waals surface area contributed by atoms with Gasteiger partial charge in [-0.2, -0.15) is 0 Å². The zero-order valence-electron chi connectivity index (χ0n) is 18.0. The summed E-state index contributed by atoms with van der Waals surface area (Å²) in [4.78, 5) is 0. The third kappa shape index (κ3) is 10.3. The van der Waals surface area contributed by atoms with Crippen molar-refractivity contribution in [2.75, 3.05) is 66.1 Å². The van der Waals surface area contributed by atoms with Gasteiger partial charge in [0.05, 0.1) is 6.61 Å². The molecule has 180 valence electrons. The van der Waals surface area contributed by atoms with Gasteiger partial charge in [0.2, 0.25) is 0 Å². The maximum absolute atomic E-state index is 9.14. The zero-order valence-corrected chi connectivity index (χ0v) is 18.0. The minimum Gasteiger partial charge on any atom is -0.396 e. The Bertz CT molecular complexity index is 387. The van der Waals surface area contributed by atoms with E-state index in [1.54, 1.807) is 0 Å². The minimum atomic E-state index is -0.711. The predicted molar refractivity (Wildman–Crippen MR) is 107 cm³/mol. The molecule has 0 radical (unpaired) electrons. The molecule has 10 nitrogen and oxygen atoms in total. The van der Waals surface area contributed by atoms with Crippen LogP contribution in [0.2, 0.25) is 0 Å². The Balaban J connectivity index is 2.98. The fourth-order valence-electron chi connectivity index (χ4n) is 3.10. The van der Waals surface area contributed by atoms with Crippen molar-refractivity contribution in [2.24, 2.45) is 0 Å². The molecule has 1 rings (SSSR count). The molecule has 10 heteroatoms. The third-order valence-corrected chi connectivity index (χ3v) is 4.49. The summed E-state index contributed by atoms with van der Waals surface area (Å²) in [5.41, 5.74) is 0. The van der Waals surface area contributed by atoms with Crippen LogP contribution in [-0.2, 0) is 28.4 Å². The molecule has 5 atom stereocenters. The molecule has 0 aromatic heterocycles. The quantitative estimate of drug-likeness (QED) is 0.194. The van der Waals surface area contributed by atoms with Crippen molar-refractivity contribution in [1.29, 1.82) is 0 Å². The molecule has 1 aliphatic rings. The highest BCUT2D eigenvalue weighted by Gasteiger charge is 2.48. The molecule has 3 unspecified atom stereocenters. The van der Waals surface area contributed by atoms with Crippen LogP contribution in [0.4, 0.5) is 0 Å². The second-order valence-electron chi connectivity index (χ2n) is 6.89. The summed E-state index contributed by atoms with van der Waals surface area (Å²) in [5.74, 6) is 0. The van der Waals surface area contributed by atoms with Gasteiger partial charge in [0.15, 0.2) is 6.29 Å². The van der Waals surface area contributed by atoms with E-state index in [2.05, 4.69) is 0 Å². The van der Waals surface area contributed by atoms with Crippen molar-refractivity contribution in [2.45, 2.75) is 63.3 Å². The lowest BCUT2D eigenvalue weighted by atomic mass is 9.98. The molecule has 0 bridgehead atoms. The molecular formula is C20H40O10. The first kappa shape index (κ1) is 27.6. The van der Waals surface area contributed by atoms with Gasteiger partial charge in [-0.05, 0) is 32.6 Å². The van der Waals surface area contributed by atoms with Crippen LogP contribution in [0.1, 0.15) is 32.6 Å². The smallest absolute Gasteiger partial charge is 0.186 e. The first-order valence-corrected chi connectivity index (χ1v) is 10.9. The Morgan fingerprint density at radius 2 is 1.13 bits per heavy atom. The normalized spacial score (nSPS) is 26.9. The molecule has 0 spiro atoms. The summed E-state index contributed by atoms with van der Waals surface area (Å²) in [7, 11) is 0. The highest BCUT2D eigenvalue weighted by atomic mass is 16.7. The van der Waals surface area contributed by atoms with E-state index in [0.29, 0.717) is 58.7 Å². The van der Waals surface area contributed by atoms with Crippen molar-refractivity contribution in [3.63, 3.8) is 0 Å². The number of ether oxygens (including phenoxy) is 6. The van der Waals surface area contributed by atoms with Crippen molar-refractivity contribution in [3.8, 4) is 0 Å². The van der Waals surface area contributed by atoms with Gasteiger partial charge in [-0.25, -0.2) is 0 Å². The summed E-state index contributed by atoms with van der Waals surface area (Å²) < 4.78 is 35.6. The fourth-order valence-corrected chi connectivity index (χ4v) is 3.10. The molecule has 0 amide bonds. The SMILES string of the molecule is CCO[C@H]1OC(COCCCO)[C@H](OCCCO)C(OCCCO)C1OCCCO. The molecule has 1 saturated heterocycles. The van der Waals surface area contributed by atoms with E-state index in [9.17, 15) is 0 Å². The highest BCUT2D eigenvalue weighted by Crippen LogP contribution is 2.29. The monoisotopic (exact) mass is 440 g/mol. The minimum absolute atomic E-state index is 0.000660. The first-order chi connectivity index (χ1) is 14.7. The van der Waals surface area contributed by atoms with Gasteiger partial charge in [0.1, 0.15) is 24.4 Å². The molecule has 0 saturated carbocycles. The van der Waals surface area contributed by atoms with E-state index in [4.69, 9.17) is 48.8 Å². The van der Waals surface area contributed by atoms with Gasteiger partial charge < -0.3 is 48.8 Å². The Morgan fingerprint density at radius 1 is 0.633 bits per heavy atom. The molecule has 0 aromatic carbocycles. The molecule has 4 N–H and O–H groups in total.